The predicted molar refractivity (Wildman–Crippen MR) is 125 cm³/mol. The third-order valence-corrected chi connectivity index (χ3v) is 7.71. The molecule has 0 saturated carbocycles. The molecular weight excluding hydrogens is 392 g/mol. The van der Waals surface area contributed by atoms with Gasteiger partial charge < -0.3 is 14.5 Å². The first kappa shape index (κ1) is 19.7. The van der Waals surface area contributed by atoms with Crippen LogP contribution < -0.4 is 9.64 Å². The molecule has 2 aromatic rings. The lowest BCUT2D eigenvalue weighted by Gasteiger charge is -2.34. The first-order chi connectivity index (χ1) is 14.8. The zero-order chi connectivity index (χ0) is 20.5. The molecule has 6 heteroatoms. The maximum Gasteiger partial charge on any atom is 0.160 e. The van der Waals surface area contributed by atoms with Crippen LogP contribution in [0.4, 0.5) is 5.69 Å². The Morgan fingerprint density at radius 3 is 2.73 bits per heavy atom. The van der Waals surface area contributed by atoms with E-state index in [1.807, 2.05) is 24.0 Å². The summed E-state index contributed by atoms with van der Waals surface area (Å²) in [5.74, 6) is 2.07. The number of nitrogens with zero attached hydrogens (tertiary/aromatic N) is 4. The lowest BCUT2D eigenvalue weighted by molar-refractivity contribution is 0.249. The SMILES string of the molecule is CC[C@@H]1CSC2=N[C@@H](c3ccccn3)[C@H](c3ccc(N4CCCCC4)cc3OC)N21. The van der Waals surface area contributed by atoms with Crippen molar-refractivity contribution in [1.29, 1.82) is 0 Å². The highest BCUT2D eigenvalue weighted by atomic mass is 32.2. The number of hydrogen-bond acceptors (Lipinski definition) is 6. The van der Waals surface area contributed by atoms with Gasteiger partial charge in [-0.3, -0.25) is 9.98 Å². The van der Waals surface area contributed by atoms with Crippen LogP contribution in [0.15, 0.2) is 47.6 Å². The molecule has 0 aliphatic carbocycles. The molecule has 158 valence electrons. The van der Waals surface area contributed by atoms with Crippen molar-refractivity contribution >= 4 is 22.6 Å². The van der Waals surface area contributed by atoms with Gasteiger partial charge in [-0.2, -0.15) is 0 Å². The molecule has 0 radical (unpaired) electrons. The molecule has 0 unspecified atom stereocenters. The molecule has 0 spiro atoms. The van der Waals surface area contributed by atoms with Crippen LogP contribution in [0.25, 0.3) is 0 Å². The van der Waals surface area contributed by atoms with Crippen molar-refractivity contribution in [2.45, 2.75) is 50.7 Å². The number of thioether (sulfide) groups is 1. The molecule has 30 heavy (non-hydrogen) atoms. The lowest BCUT2D eigenvalue weighted by atomic mass is 9.94. The second-order valence-corrected chi connectivity index (χ2v) is 9.30. The summed E-state index contributed by atoms with van der Waals surface area (Å²) in [7, 11) is 1.79. The van der Waals surface area contributed by atoms with Crippen molar-refractivity contribution < 1.29 is 4.74 Å². The van der Waals surface area contributed by atoms with Gasteiger partial charge in [-0.25, -0.2) is 0 Å². The standard InChI is InChI=1S/C24H30N4OS/c1-3-17-16-30-24-26-22(20-9-5-6-12-25-20)23(28(17)24)19-11-10-18(15-21(19)29-2)27-13-7-4-8-14-27/h5-6,9-12,15,17,22-23H,3-4,7-8,13-14,16H2,1-2H3/t17-,22+,23+/m1/s1. The van der Waals surface area contributed by atoms with Crippen molar-refractivity contribution in [3.63, 3.8) is 0 Å². The smallest absolute Gasteiger partial charge is 0.160 e. The molecule has 0 bridgehead atoms. The molecule has 2 fully saturated rings. The number of rotatable bonds is 5. The summed E-state index contributed by atoms with van der Waals surface area (Å²) in [6, 6.07) is 13.5. The first-order valence-corrected chi connectivity index (χ1v) is 12.1. The summed E-state index contributed by atoms with van der Waals surface area (Å²) in [6.45, 7) is 4.54. The summed E-state index contributed by atoms with van der Waals surface area (Å²) < 4.78 is 5.96. The fourth-order valence-electron chi connectivity index (χ4n) is 4.98. The first-order valence-electron chi connectivity index (χ1n) is 11.1. The van der Waals surface area contributed by atoms with Gasteiger partial charge >= 0.3 is 0 Å². The average molecular weight is 423 g/mol. The van der Waals surface area contributed by atoms with E-state index in [-0.39, 0.29) is 12.1 Å². The Hall–Kier alpha value is -2.21. The van der Waals surface area contributed by atoms with E-state index >= 15 is 0 Å². The molecule has 2 saturated heterocycles. The Balaban J connectivity index is 1.55. The molecule has 3 atom stereocenters. The minimum atomic E-state index is -0.00205. The molecule has 3 aliphatic heterocycles. The molecular formula is C24H30N4OS. The minimum Gasteiger partial charge on any atom is -0.496 e. The highest BCUT2D eigenvalue weighted by molar-refractivity contribution is 8.14. The van der Waals surface area contributed by atoms with E-state index < -0.39 is 0 Å². The van der Waals surface area contributed by atoms with Crippen LogP contribution in [0.1, 0.15) is 55.9 Å². The number of fused-ring (bicyclic) bond motifs is 1. The van der Waals surface area contributed by atoms with E-state index in [0.29, 0.717) is 6.04 Å². The van der Waals surface area contributed by atoms with Crippen molar-refractivity contribution in [2.75, 3.05) is 30.9 Å². The van der Waals surface area contributed by atoms with Crippen LogP contribution in [0.5, 0.6) is 5.75 Å². The fraction of sp³-hybridized carbons (Fsp3) is 0.500. The number of pyridine rings is 1. The van der Waals surface area contributed by atoms with Gasteiger partial charge in [0.15, 0.2) is 5.17 Å². The zero-order valence-electron chi connectivity index (χ0n) is 17.8. The van der Waals surface area contributed by atoms with Crippen LogP contribution in [0.3, 0.4) is 0 Å². The van der Waals surface area contributed by atoms with Crippen LogP contribution in [0, 0.1) is 0 Å². The van der Waals surface area contributed by atoms with Crippen molar-refractivity contribution in [3.8, 4) is 5.75 Å². The molecule has 0 amide bonds. The average Bonchev–Trinajstić information content (AvgIpc) is 3.39. The van der Waals surface area contributed by atoms with Crippen LogP contribution in [-0.4, -0.2) is 47.0 Å². The summed E-state index contributed by atoms with van der Waals surface area (Å²) >= 11 is 1.88. The van der Waals surface area contributed by atoms with E-state index in [2.05, 4.69) is 52.0 Å². The van der Waals surface area contributed by atoms with Gasteiger partial charge in [-0.05, 0) is 43.9 Å². The second-order valence-electron chi connectivity index (χ2n) is 8.31. The molecule has 5 rings (SSSR count). The van der Waals surface area contributed by atoms with Crippen molar-refractivity contribution in [3.05, 3.63) is 53.9 Å². The highest BCUT2D eigenvalue weighted by Gasteiger charge is 2.46. The van der Waals surface area contributed by atoms with Gasteiger partial charge in [-0.1, -0.05) is 30.8 Å². The Morgan fingerprint density at radius 1 is 1.13 bits per heavy atom. The maximum absolute atomic E-state index is 5.96. The summed E-state index contributed by atoms with van der Waals surface area (Å²) in [4.78, 5) is 14.8. The Bertz CT molecular complexity index is 913. The van der Waals surface area contributed by atoms with Crippen LogP contribution in [0.2, 0.25) is 0 Å². The van der Waals surface area contributed by atoms with Gasteiger partial charge in [-0.15, -0.1) is 0 Å². The fourth-order valence-corrected chi connectivity index (χ4v) is 6.32. The van der Waals surface area contributed by atoms with E-state index in [9.17, 15) is 0 Å². The van der Waals surface area contributed by atoms with Gasteiger partial charge in [0.1, 0.15) is 11.8 Å². The third-order valence-electron chi connectivity index (χ3n) is 6.59. The number of anilines is 1. The van der Waals surface area contributed by atoms with Gasteiger partial charge in [0, 0.05) is 48.4 Å². The summed E-state index contributed by atoms with van der Waals surface area (Å²) in [5, 5.41) is 1.16. The third kappa shape index (κ3) is 3.45. The number of aromatic nitrogens is 1. The Labute approximate surface area is 183 Å². The van der Waals surface area contributed by atoms with E-state index in [1.165, 1.54) is 30.5 Å². The molecule has 4 heterocycles. The topological polar surface area (TPSA) is 41.0 Å². The highest BCUT2D eigenvalue weighted by Crippen LogP contribution is 2.50. The van der Waals surface area contributed by atoms with Crippen molar-refractivity contribution in [1.82, 2.24) is 9.88 Å². The van der Waals surface area contributed by atoms with Gasteiger partial charge in [0.25, 0.3) is 0 Å². The van der Waals surface area contributed by atoms with E-state index in [4.69, 9.17) is 9.73 Å². The summed E-state index contributed by atoms with van der Waals surface area (Å²) in [6.07, 6.45) is 6.87. The maximum atomic E-state index is 5.96. The predicted octanol–water partition coefficient (Wildman–Crippen LogP) is 5.06. The van der Waals surface area contributed by atoms with E-state index in [1.54, 1.807) is 7.11 Å². The number of benzene rings is 1. The number of ether oxygens (including phenoxy) is 1. The molecule has 3 aliphatic rings. The normalized spacial score (nSPS) is 25.9. The van der Waals surface area contributed by atoms with Gasteiger partial charge in [0.05, 0.1) is 18.8 Å². The number of hydrogen-bond donors (Lipinski definition) is 0. The molecule has 1 aromatic heterocycles. The molecule has 1 aromatic carbocycles. The quantitative estimate of drug-likeness (QED) is 0.674. The van der Waals surface area contributed by atoms with E-state index in [0.717, 1.165) is 41.9 Å². The Kier molecular flexibility index (Phi) is 5.59. The summed E-state index contributed by atoms with van der Waals surface area (Å²) in [5.41, 5.74) is 3.52. The minimum absolute atomic E-state index is 0.00205. The molecule has 0 N–H and O–H groups in total. The van der Waals surface area contributed by atoms with Crippen molar-refractivity contribution in [2.24, 2.45) is 4.99 Å². The van der Waals surface area contributed by atoms with Gasteiger partial charge in [0.2, 0.25) is 0 Å². The molecule has 5 nitrogen and oxygen atoms in total. The number of amidine groups is 1. The number of piperidine rings is 1. The largest absolute Gasteiger partial charge is 0.496 e. The Morgan fingerprint density at radius 2 is 2.00 bits per heavy atom. The monoisotopic (exact) mass is 422 g/mol. The van der Waals surface area contributed by atoms with Crippen LogP contribution >= 0.6 is 11.8 Å². The number of aliphatic imine (C=N–C) groups is 1. The lowest BCUT2D eigenvalue weighted by Crippen LogP contribution is -2.35. The van der Waals surface area contributed by atoms with Crippen LogP contribution in [-0.2, 0) is 0 Å². The number of methoxy groups -OCH3 is 1. The zero-order valence-corrected chi connectivity index (χ0v) is 18.6. The second kappa shape index (κ2) is 8.50.